The second-order valence-corrected chi connectivity index (χ2v) is 9.08. The van der Waals surface area contributed by atoms with Crippen molar-refractivity contribution in [2.45, 2.75) is 30.7 Å². The van der Waals surface area contributed by atoms with E-state index in [1.807, 2.05) is 37.3 Å². The number of nitrogens with zero attached hydrogens (tertiary/aromatic N) is 2. The molecule has 1 atom stereocenters. The number of rotatable bonds is 5. The van der Waals surface area contributed by atoms with Crippen molar-refractivity contribution in [1.82, 2.24) is 9.29 Å². The van der Waals surface area contributed by atoms with Crippen molar-refractivity contribution in [2.24, 2.45) is 0 Å². The minimum Gasteiger partial charge on any atom is -0.497 e. The summed E-state index contributed by atoms with van der Waals surface area (Å²) < 4.78 is 39.8. The number of aryl methyl sites for hydroxylation is 1. The number of aromatic nitrogens is 1. The van der Waals surface area contributed by atoms with E-state index < -0.39 is 10.0 Å². The van der Waals surface area contributed by atoms with Gasteiger partial charge >= 0.3 is 0 Å². The van der Waals surface area contributed by atoms with Gasteiger partial charge in [0.1, 0.15) is 16.4 Å². The van der Waals surface area contributed by atoms with Gasteiger partial charge in [0, 0.05) is 23.7 Å². The van der Waals surface area contributed by atoms with Gasteiger partial charge in [0.25, 0.3) is 0 Å². The minimum absolute atomic E-state index is 0.240. The summed E-state index contributed by atoms with van der Waals surface area (Å²) in [4.78, 5) is 4.67. The molecule has 3 aromatic rings. The molecule has 1 unspecified atom stereocenters. The normalized spacial score (nSPS) is 17.6. The lowest BCUT2D eigenvalue weighted by atomic mass is 10.0. The molecule has 1 saturated heterocycles. The quantitative estimate of drug-likeness (QED) is 0.631. The Balaban J connectivity index is 1.82. The summed E-state index contributed by atoms with van der Waals surface area (Å²) >= 11 is 0. The number of hydrogen-bond acceptors (Lipinski definition) is 5. The van der Waals surface area contributed by atoms with Crippen molar-refractivity contribution in [3.8, 4) is 11.5 Å². The Kier molecular flexibility index (Phi) is 5.19. The fourth-order valence-corrected chi connectivity index (χ4v) is 5.86. The van der Waals surface area contributed by atoms with Crippen molar-refractivity contribution in [2.75, 3.05) is 20.8 Å². The van der Waals surface area contributed by atoms with Crippen LogP contribution in [0.3, 0.4) is 0 Å². The standard InChI is InChI=1S/C22H24N2O4S/c1-15-12-16-6-4-8-21(22(16)23-14-15)29(25,26)24-11-5-7-19(24)18-13-17(27-2)9-10-20(18)28-3/h4,6,8-10,12-14,19H,5,7,11H2,1-3H3. The molecular formula is C22H24N2O4S. The van der Waals surface area contributed by atoms with Gasteiger partial charge in [-0.1, -0.05) is 12.1 Å². The molecule has 2 aromatic carbocycles. The minimum atomic E-state index is -3.75. The number of para-hydroxylation sites is 1. The first-order chi connectivity index (χ1) is 14.0. The molecule has 29 heavy (non-hydrogen) atoms. The molecule has 0 N–H and O–H groups in total. The van der Waals surface area contributed by atoms with Crippen molar-refractivity contribution in [1.29, 1.82) is 0 Å². The predicted octanol–water partition coefficient (Wildman–Crippen LogP) is 4.09. The number of methoxy groups -OCH3 is 2. The van der Waals surface area contributed by atoms with Gasteiger partial charge in [-0.3, -0.25) is 4.98 Å². The van der Waals surface area contributed by atoms with Crippen molar-refractivity contribution >= 4 is 20.9 Å². The largest absolute Gasteiger partial charge is 0.497 e. The van der Waals surface area contributed by atoms with Crippen LogP contribution in [0.4, 0.5) is 0 Å². The molecular weight excluding hydrogens is 388 g/mol. The Labute approximate surface area is 171 Å². The molecule has 1 aliphatic heterocycles. The molecule has 0 bridgehead atoms. The molecule has 0 aliphatic carbocycles. The van der Waals surface area contributed by atoms with E-state index in [1.165, 1.54) is 0 Å². The van der Waals surface area contributed by atoms with Gasteiger partial charge in [-0.2, -0.15) is 4.31 Å². The molecule has 152 valence electrons. The first-order valence-corrected chi connectivity index (χ1v) is 11.0. The molecule has 2 heterocycles. The lowest BCUT2D eigenvalue weighted by Gasteiger charge is -2.26. The van der Waals surface area contributed by atoms with Crippen LogP contribution in [0.1, 0.15) is 30.0 Å². The lowest BCUT2D eigenvalue weighted by Crippen LogP contribution is -2.31. The second-order valence-electron chi connectivity index (χ2n) is 7.22. The van der Waals surface area contributed by atoms with E-state index >= 15 is 0 Å². The van der Waals surface area contributed by atoms with Crippen LogP contribution in [-0.2, 0) is 10.0 Å². The van der Waals surface area contributed by atoms with E-state index in [2.05, 4.69) is 4.98 Å². The molecule has 7 heteroatoms. The molecule has 1 aromatic heterocycles. The highest BCUT2D eigenvalue weighted by molar-refractivity contribution is 7.89. The zero-order valence-corrected chi connectivity index (χ0v) is 17.6. The van der Waals surface area contributed by atoms with Gasteiger partial charge in [-0.25, -0.2) is 8.42 Å². The Morgan fingerprint density at radius 3 is 2.69 bits per heavy atom. The monoisotopic (exact) mass is 412 g/mol. The molecule has 1 fully saturated rings. The van der Waals surface area contributed by atoms with E-state index in [-0.39, 0.29) is 10.9 Å². The third kappa shape index (κ3) is 3.45. The van der Waals surface area contributed by atoms with Crippen LogP contribution < -0.4 is 9.47 Å². The van der Waals surface area contributed by atoms with Crippen LogP contribution in [0.15, 0.2) is 53.6 Å². The zero-order chi connectivity index (χ0) is 20.6. The molecule has 0 spiro atoms. The molecule has 4 rings (SSSR count). The Morgan fingerprint density at radius 1 is 1.10 bits per heavy atom. The first-order valence-electron chi connectivity index (χ1n) is 9.55. The molecule has 6 nitrogen and oxygen atoms in total. The fourth-order valence-electron chi connectivity index (χ4n) is 4.02. The van der Waals surface area contributed by atoms with E-state index in [9.17, 15) is 8.42 Å². The highest BCUT2D eigenvalue weighted by atomic mass is 32.2. The average Bonchev–Trinajstić information content (AvgIpc) is 3.23. The second kappa shape index (κ2) is 7.65. The molecule has 0 saturated carbocycles. The number of sulfonamides is 1. The highest BCUT2D eigenvalue weighted by Gasteiger charge is 2.38. The fraction of sp³-hybridized carbons (Fsp3) is 0.318. The van der Waals surface area contributed by atoms with E-state index in [0.29, 0.717) is 23.6 Å². The summed E-state index contributed by atoms with van der Waals surface area (Å²) in [5.41, 5.74) is 2.31. The van der Waals surface area contributed by atoms with E-state index in [4.69, 9.17) is 9.47 Å². The molecule has 0 radical (unpaired) electrons. The highest BCUT2D eigenvalue weighted by Crippen LogP contribution is 2.42. The Hall–Kier alpha value is -2.64. The predicted molar refractivity (Wildman–Crippen MR) is 112 cm³/mol. The summed E-state index contributed by atoms with van der Waals surface area (Å²) in [5.74, 6) is 1.33. The van der Waals surface area contributed by atoms with Gasteiger partial charge in [-0.05, 0) is 55.7 Å². The maximum absolute atomic E-state index is 13.7. The van der Waals surface area contributed by atoms with E-state index in [1.54, 1.807) is 36.9 Å². The molecule has 0 amide bonds. The van der Waals surface area contributed by atoms with Crippen LogP contribution in [0.5, 0.6) is 11.5 Å². The smallest absolute Gasteiger partial charge is 0.245 e. The van der Waals surface area contributed by atoms with Crippen molar-refractivity contribution in [3.63, 3.8) is 0 Å². The van der Waals surface area contributed by atoms with Crippen LogP contribution in [0.25, 0.3) is 10.9 Å². The number of pyridine rings is 1. The van der Waals surface area contributed by atoms with Crippen molar-refractivity contribution < 1.29 is 17.9 Å². The third-order valence-electron chi connectivity index (χ3n) is 5.40. The number of ether oxygens (including phenoxy) is 2. The van der Waals surface area contributed by atoms with Gasteiger partial charge in [0.05, 0.1) is 25.8 Å². The van der Waals surface area contributed by atoms with Gasteiger partial charge in [0.2, 0.25) is 10.0 Å². The maximum atomic E-state index is 13.7. The summed E-state index contributed by atoms with van der Waals surface area (Å²) in [6.45, 7) is 2.40. The maximum Gasteiger partial charge on any atom is 0.245 e. The summed E-state index contributed by atoms with van der Waals surface area (Å²) in [7, 11) is -0.556. The summed E-state index contributed by atoms with van der Waals surface area (Å²) in [5, 5.41) is 0.820. The van der Waals surface area contributed by atoms with Gasteiger partial charge in [-0.15, -0.1) is 0 Å². The van der Waals surface area contributed by atoms with Crippen LogP contribution in [0, 0.1) is 6.92 Å². The Bertz CT molecular complexity index is 1160. The summed E-state index contributed by atoms with van der Waals surface area (Å²) in [6, 6.07) is 12.4. The van der Waals surface area contributed by atoms with Crippen LogP contribution in [0.2, 0.25) is 0 Å². The van der Waals surface area contributed by atoms with Gasteiger partial charge < -0.3 is 9.47 Å². The molecule has 1 aliphatic rings. The zero-order valence-electron chi connectivity index (χ0n) is 16.8. The first kappa shape index (κ1) is 19.7. The van der Waals surface area contributed by atoms with Crippen LogP contribution >= 0.6 is 0 Å². The Morgan fingerprint density at radius 2 is 1.93 bits per heavy atom. The summed E-state index contributed by atoms with van der Waals surface area (Å²) in [6.07, 6.45) is 3.20. The third-order valence-corrected chi connectivity index (χ3v) is 7.34. The van der Waals surface area contributed by atoms with Crippen molar-refractivity contribution in [3.05, 3.63) is 59.8 Å². The SMILES string of the molecule is COc1ccc(OC)c(C2CCCN2S(=O)(=O)c2cccc3cc(C)cnc23)c1. The lowest BCUT2D eigenvalue weighted by molar-refractivity contribution is 0.362. The number of hydrogen-bond donors (Lipinski definition) is 0. The number of fused-ring (bicyclic) bond motifs is 1. The van der Waals surface area contributed by atoms with E-state index in [0.717, 1.165) is 29.4 Å². The topological polar surface area (TPSA) is 68.7 Å². The average molecular weight is 413 g/mol. The van der Waals surface area contributed by atoms with Crippen LogP contribution in [-0.4, -0.2) is 38.5 Å². The number of benzene rings is 2. The van der Waals surface area contributed by atoms with Gasteiger partial charge in [0.15, 0.2) is 0 Å².